The molecule has 5 heteroatoms. The number of nitrogens with zero attached hydrogens (tertiary/aromatic N) is 2. The van der Waals surface area contributed by atoms with E-state index in [1.807, 2.05) is 12.1 Å². The van der Waals surface area contributed by atoms with Crippen LogP contribution in [0.4, 0.5) is 11.4 Å². The lowest BCUT2D eigenvalue weighted by Crippen LogP contribution is -2.30. The lowest BCUT2D eigenvalue weighted by Gasteiger charge is -2.30. The lowest BCUT2D eigenvalue weighted by atomic mass is 10.1. The number of piperidine rings is 1. The van der Waals surface area contributed by atoms with Gasteiger partial charge >= 0.3 is 0 Å². The van der Waals surface area contributed by atoms with Crippen LogP contribution in [-0.4, -0.2) is 18.1 Å². The Labute approximate surface area is 171 Å². The third-order valence-electron chi connectivity index (χ3n) is 5.04. The molecule has 1 aliphatic heterocycles. The van der Waals surface area contributed by atoms with Gasteiger partial charge in [0.25, 0.3) is 0 Å². The van der Waals surface area contributed by atoms with Gasteiger partial charge in [-0.3, -0.25) is 0 Å². The molecule has 2 heterocycles. The van der Waals surface area contributed by atoms with Crippen LogP contribution < -0.4 is 15.0 Å². The molecule has 146 valence electrons. The van der Waals surface area contributed by atoms with E-state index in [1.54, 1.807) is 11.3 Å². The largest absolute Gasteiger partial charge is 0.486 e. The number of anilines is 2. The summed E-state index contributed by atoms with van der Waals surface area (Å²) in [5, 5.41) is 6.70. The number of aryl methyl sites for hydroxylation is 1. The third-order valence-corrected chi connectivity index (χ3v) is 5.91. The molecule has 0 unspecified atom stereocenters. The molecule has 0 saturated carbocycles. The molecule has 1 N–H and O–H groups in total. The summed E-state index contributed by atoms with van der Waals surface area (Å²) < 4.78 is 5.84. The van der Waals surface area contributed by atoms with Crippen molar-refractivity contribution < 1.29 is 4.74 Å². The van der Waals surface area contributed by atoms with E-state index in [0.29, 0.717) is 6.61 Å². The van der Waals surface area contributed by atoms with Gasteiger partial charge in [-0.1, -0.05) is 29.8 Å². The fourth-order valence-electron chi connectivity index (χ4n) is 3.50. The smallest absolute Gasteiger partial charge is 0.140 e. The zero-order chi connectivity index (χ0) is 19.2. The van der Waals surface area contributed by atoms with Gasteiger partial charge in [0.05, 0.1) is 23.6 Å². The van der Waals surface area contributed by atoms with Crippen molar-refractivity contribution in [3.8, 4) is 5.75 Å². The van der Waals surface area contributed by atoms with Gasteiger partial charge in [-0.2, -0.15) is 0 Å². The number of benzene rings is 2. The molecule has 1 fully saturated rings. The summed E-state index contributed by atoms with van der Waals surface area (Å²) in [6, 6.07) is 16.7. The molecule has 1 aromatic heterocycles. The summed E-state index contributed by atoms with van der Waals surface area (Å²) in [5.41, 5.74) is 4.79. The van der Waals surface area contributed by atoms with Gasteiger partial charge in [-0.15, -0.1) is 11.3 Å². The van der Waals surface area contributed by atoms with Crippen molar-refractivity contribution in [1.29, 1.82) is 0 Å². The number of para-hydroxylation sites is 2. The number of rotatable bonds is 7. The molecule has 2 aromatic carbocycles. The zero-order valence-corrected chi connectivity index (χ0v) is 17.2. The number of aromatic nitrogens is 1. The van der Waals surface area contributed by atoms with Gasteiger partial charge in [0.2, 0.25) is 0 Å². The molecule has 28 heavy (non-hydrogen) atoms. The fourth-order valence-corrected chi connectivity index (χ4v) is 4.20. The normalized spacial score (nSPS) is 14.1. The minimum Gasteiger partial charge on any atom is -0.486 e. The van der Waals surface area contributed by atoms with Crippen LogP contribution >= 0.6 is 11.3 Å². The average Bonchev–Trinajstić information content (AvgIpc) is 3.21. The van der Waals surface area contributed by atoms with Gasteiger partial charge in [-0.25, -0.2) is 4.98 Å². The Balaban J connectivity index is 1.34. The van der Waals surface area contributed by atoms with E-state index >= 15 is 0 Å². The van der Waals surface area contributed by atoms with Gasteiger partial charge in [0.15, 0.2) is 0 Å². The van der Waals surface area contributed by atoms with E-state index in [9.17, 15) is 0 Å². The second-order valence-corrected chi connectivity index (χ2v) is 8.20. The standard InChI is InChI=1S/C23H27N3OS/c1-18-9-11-20(12-10-18)27-16-23-25-19(17-28-23)15-24-21-7-3-4-8-22(21)26-13-5-2-6-14-26/h3-4,7-12,17,24H,2,5-6,13-16H2,1H3. The fraction of sp³-hybridized carbons (Fsp3) is 0.348. The second kappa shape index (κ2) is 9.11. The minimum atomic E-state index is 0.512. The van der Waals surface area contributed by atoms with Crippen molar-refractivity contribution in [2.75, 3.05) is 23.3 Å². The quantitative estimate of drug-likeness (QED) is 0.564. The highest BCUT2D eigenvalue weighted by Crippen LogP contribution is 2.28. The van der Waals surface area contributed by atoms with Crippen LogP contribution in [0.5, 0.6) is 5.75 Å². The first-order valence-corrected chi connectivity index (χ1v) is 10.9. The van der Waals surface area contributed by atoms with Crippen LogP contribution in [0, 0.1) is 6.92 Å². The molecular weight excluding hydrogens is 366 g/mol. The molecule has 0 bridgehead atoms. The molecule has 4 rings (SSSR count). The maximum Gasteiger partial charge on any atom is 0.140 e. The summed E-state index contributed by atoms with van der Waals surface area (Å²) in [4.78, 5) is 7.21. The van der Waals surface area contributed by atoms with Crippen molar-refractivity contribution >= 4 is 22.7 Å². The Kier molecular flexibility index (Phi) is 6.12. The van der Waals surface area contributed by atoms with Crippen molar-refractivity contribution in [2.45, 2.75) is 39.3 Å². The number of ether oxygens (including phenoxy) is 1. The van der Waals surface area contributed by atoms with Crippen molar-refractivity contribution in [2.24, 2.45) is 0 Å². The first-order valence-electron chi connectivity index (χ1n) is 9.98. The first kappa shape index (κ1) is 18.8. The van der Waals surface area contributed by atoms with Crippen molar-refractivity contribution in [3.63, 3.8) is 0 Å². The molecule has 4 nitrogen and oxygen atoms in total. The van der Waals surface area contributed by atoms with Gasteiger partial charge in [0.1, 0.15) is 17.4 Å². The highest BCUT2D eigenvalue weighted by Gasteiger charge is 2.14. The van der Waals surface area contributed by atoms with E-state index in [2.05, 4.69) is 58.9 Å². The van der Waals surface area contributed by atoms with Crippen LogP contribution in [0.25, 0.3) is 0 Å². The molecule has 0 aliphatic carbocycles. The highest BCUT2D eigenvalue weighted by molar-refractivity contribution is 7.09. The number of thiazole rings is 1. The third kappa shape index (κ3) is 4.84. The van der Waals surface area contributed by atoms with Crippen LogP contribution in [0.3, 0.4) is 0 Å². The van der Waals surface area contributed by atoms with Crippen LogP contribution in [-0.2, 0) is 13.2 Å². The van der Waals surface area contributed by atoms with Gasteiger partial charge in [0, 0.05) is 18.5 Å². The maximum absolute atomic E-state index is 5.84. The Bertz CT molecular complexity index is 885. The van der Waals surface area contributed by atoms with Crippen molar-refractivity contribution in [3.05, 3.63) is 70.2 Å². The second-order valence-electron chi connectivity index (χ2n) is 7.25. The molecule has 0 spiro atoms. The Hall–Kier alpha value is -2.53. The molecule has 1 saturated heterocycles. The maximum atomic E-state index is 5.84. The predicted octanol–water partition coefficient (Wildman–Crippen LogP) is 5.63. The van der Waals surface area contributed by atoms with E-state index in [0.717, 1.165) is 36.1 Å². The predicted molar refractivity (Wildman–Crippen MR) is 117 cm³/mol. The lowest BCUT2D eigenvalue weighted by molar-refractivity contribution is 0.305. The van der Waals surface area contributed by atoms with Crippen LogP contribution in [0.1, 0.15) is 35.5 Å². The van der Waals surface area contributed by atoms with E-state index in [-0.39, 0.29) is 0 Å². The highest BCUT2D eigenvalue weighted by atomic mass is 32.1. The Morgan fingerprint density at radius 2 is 1.82 bits per heavy atom. The summed E-state index contributed by atoms with van der Waals surface area (Å²) in [6.45, 7) is 5.61. The Morgan fingerprint density at radius 3 is 2.64 bits per heavy atom. The topological polar surface area (TPSA) is 37.4 Å². The molecule has 3 aromatic rings. The van der Waals surface area contributed by atoms with Crippen LogP contribution in [0.2, 0.25) is 0 Å². The van der Waals surface area contributed by atoms with E-state index in [4.69, 9.17) is 9.72 Å². The van der Waals surface area contributed by atoms with Crippen LogP contribution in [0.15, 0.2) is 53.9 Å². The first-order chi connectivity index (χ1) is 13.8. The minimum absolute atomic E-state index is 0.512. The Morgan fingerprint density at radius 1 is 1.04 bits per heavy atom. The SMILES string of the molecule is Cc1ccc(OCc2nc(CNc3ccccc3N3CCCCC3)cs2)cc1. The van der Waals surface area contributed by atoms with Gasteiger partial charge in [-0.05, 0) is 50.5 Å². The monoisotopic (exact) mass is 393 g/mol. The van der Waals surface area contributed by atoms with Crippen molar-refractivity contribution in [1.82, 2.24) is 4.98 Å². The number of nitrogens with one attached hydrogen (secondary N) is 1. The summed E-state index contributed by atoms with van der Waals surface area (Å²) in [5.74, 6) is 0.885. The average molecular weight is 394 g/mol. The molecule has 1 aliphatic rings. The summed E-state index contributed by atoms with van der Waals surface area (Å²) in [6.07, 6.45) is 3.91. The van der Waals surface area contributed by atoms with E-state index < -0.39 is 0 Å². The summed E-state index contributed by atoms with van der Waals surface area (Å²) in [7, 11) is 0. The molecule has 0 atom stereocenters. The summed E-state index contributed by atoms with van der Waals surface area (Å²) >= 11 is 1.65. The molecular formula is C23H27N3OS. The molecule has 0 radical (unpaired) electrons. The van der Waals surface area contributed by atoms with Gasteiger partial charge < -0.3 is 15.0 Å². The number of hydrogen-bond acceptors (Lipinski definition) is 5. The molecule has 0 amide bonds. The van der Waals surface area contributed by atoms with E-state index in [1.165, 1.54) is 36.2 Å². The number of hydrogen-bond donors (Lipinski definition) is 1. The zero-order valence-electron chi connectivity index (χ0n) is 16.4.